The molecule has 77 heavy (non-hydrogen) atoms. The molecule has 0 heterocycles. The van der Waals surface area contributed by atoms with Crippen molar-refractivity contribution in [1.29, 1.82) is 0 Å². The van der Waals surface area contributed by atoms with Gasteiger partial charge in [0.1, 0.15) is 13.2 Å². The molecule has 0 aromatic rings. The fraction of sp³-hybridized carbons (Fsp3) is 0.761. The second-order valence-corrected chi connectivity index (χ2v) is 22.0. The van der Waals surface area contributed by atoms with Crippen molar-refractivity contribution in [3.05, 3.63) is 85.1 Å². The topological polar surface area (TPSA) is 78.9 Å². The highest BCUT2D eigenvalue weighted by Gasteiger charge is 2.19. The van der Waals surface area contributed by atoms with Crippen LogP contribution in [0.3, 0.4) is 0 Å². The Morgan fingerprint density at radius 1 is 0.273 bits per heavy atom. The maximum Gasteiger partial charge on any atom is 0.306 e. The van der Waals surface area contributed by atoms with Crippen LogP contribution in [0.1, 0.15) is 329 Å². The van der Waals surface area contributed by atoms with Gasteiger partial charge in [0.2, 0.25) is 0 Å². The Hall–Kier alpha value is -3.41. The second-order valence-electron chi connectivity index (χ2n) is 22.0. The number of ether oxygens (including phenoxy) is 3. The molecule has 1 unspecified atom stereocenters. The Morgan fingerprint density at radius 3 is 0.818 bits per heavy atom. The van der Waals surface area contributed by atoms with Gasteiger partial charge in [-0.3, -0.25) is 14.4 Å². The Labute approximate surface area is 477 Å². The first-order valence-electron chi connectivity index (χ1n) is 33.1. The molecule has 0 amide bonds. The van der Waals surface area contributed by atoms with Crippen LogP contribution in [0.5, 0.6) is 0 Å². The van der Waals surface area contributed by atoms with E-state index in [0.29, 0.717) is 19.3 Å². The van der Waals surface area contributed by atoms with E-state index in [1.54, 1.807) is 0 Å². The first kappa shape index (κ1) is 73.6. The normalized spacial score (nSPS) is 12.6. The maximum atomic E-state index is 12.9. The van der Waals surface area contributed by atoms with Gasteiger partial charge in [-0.2, -0.15) is 0 Å². The van der Waals surface area contributed by atoms with Crippen LogP contribution in [0.15, 0.2) is 85.1 Å². The SMILES string of the molecule is CC/C=C\C/C=C\C/C=C\C/C=C\C/C=C\CCCCCCCCCCCCCCCC(=O)OCC(COC(=O)CCCCCCC/C=C\CCCCCC)OC(=O)CCCCCCCCC/C=C\CCCCCCCC. The van der Waals surface area contributed by atoms with E-state index < -0.39 is 6.10 Å². The van der Waals surface area contributed by atoms with E-state index in [9.17, 15) is 14.4 Å². The van der Waals surface area contributed by atoms with Gasteiger partial charge in [-0.15, -0.1) is 0 Å². The first-order valence-corrected chi connectivity index (χ1v) is 33.1. The van der Waals surface area contributed by atoms with Crippen molar-refractivity contribution in [2.45, 2.75) is 335 Å². The lowest BCUT2D eigenvalue weighted by atomic mass is 10.0. The molecule has 0 aliphatic heterocycles. The molecule has 0 spiro atoms. The summed E-state index contributed by atoms with van der Waals surface area (Å²) in [6.45, 7) is 6.53. The molecule has 6 nitrogen and oxygen atoms in total. The van der Waals surface area contributed by atoms with Gasteiger partial charge in [-0.25, -0.2) is 0 Å². The summed E-state index contributed by atoms with van der Waals surface area (Å²) in [5, 5.41) is 0. The van der Waals surface area contributed by atoms with Crippen LogP contribution in [-0.4, -0.2) is 37.2 Å². The van der Waals surface area contributed by atoms with E-state index >= 15 is 0 Å². The van der Waals surface area contributed by atoms with Gasteiger partial charge in [0, 0.05) is 19.3 Å². The predicted molar refractivity (Wildman–Crippen MR) is 334 cm³/mol. The van der Waals surface area contributed by atoms with Crippen molar-refractivity contribution in [3.8, 4) is 0 Å². The highest BCUT2D eigenvalue weighted by molar-refractivity contribution is 5.71. The molecule has 0 saturated heterocycles. The van der Waals surface area contributed by atoms with E-state index in [2.05, 4.69) is 106 Å². The lowest BCUT2D eigenvalue weighted by Crippen LogP contribution is -2.30. The van der Waals surface area contributed by atoms with Gasteiger partial charge < -0.3 is 14.2 Å². The number of rotatable bonds is 60. The largest absolute Gasteiger partial charge is 0.462 e. The summed E-state index contributed by atoms with van der Waals surface area (Å²) in [5.74, 6) is -0.880. The van der Waals surface area contributed by atoms with Crippen LogP contribution in [0, 0.1) is 0 Å². The van der Waals surface area contributed by atoms with Gasteiger partial charge in [0.05, 0.1) is 0 Å². The minimum atomic E-state index is -0.782. The Balaban J connectivity index is 4.25. The number of allylic oxidation sites excluding steroid dienone is 14. The average molecular weight is 1070 g/mol. The predicted octanol–water partition coefficient (Wildman–Crippen LogP) is 22.7. The maximum absolute atomic E-state index is 12.9. The van der Waals surface area contributed by atoms with E-state index in [1.165, 1.54) is 193 Å². The van der Waals surface area contributed by atoms with Crippen LogP contribution in [0.4, 0.5) is 0 Å². The molecule has 0 aromatic heterocycles. The summed E-state index contributed by atoms with van der Waals surface area (Å²) in [4.78, 5) is 38.3. The molecule has 444 valence electrons. The number of hydrogen-bond donors (Lipinski definition) is 0. The smallest absolute Gasteiger partial charge is 0.306 e. The van der Waals surface area contributed by atoms with Crippen LogP contribution in [-0.2, 0) is 28.6 Å². The van der Waals surface area contributed by atoms with Crippen molar-refractivity contribution < 1.29 is 28.6 Å². The van der Waals surface area contributed by atoms with Crippen LogP contribution >= 0.6 is 0 Å². The van der Waals surface area contributed by atoms with Gasteiger partial charge in [0.15, 0.2) is 6.10 Å². The third-order valence-electron chi connectivity index (χ3n) is 14.4. The summed E-state index contributed by atoms with van der Waals surface area (Å²) in [6, 6.07) is 0. The molecular weight excluding hydrogens is 949 g/mol. The molecule has 0 rings (SSSR count). The van der Waals surface area contributed by atoms with Crippen LogP contribution in [0.25, 0.3) is 0 Å². The van der Waals surface area contributed by atoms with Crippen molar-refractivity contribution in [1.82, 2.24) is 0 Å². The Bertz CT molecular complexity index is 1470. The summed E-state index contributed by atoms with van der Waals surface area (Å²) in [7, 11) is 0. The summed E-state index contributed by atoms with van der Waals surface area (Å²) in [6.07, 6.45) is 85.9. The molecule has 0 aliphatic carbocycles. The molecule has 0 bridgehead atoms. The number of unbranched alkanes of at least 4 members (excludes halogenated alkanes) is 35. The van der Waals surface area contributed by atoms with Crippen LogP contribution < -0.4 is 0 Å². The van der Waals surface area contributed by atoms with Gasteiger partial charge >= 0.3 is 17.9 Å². The molecule has 0 saturated carbocycles. The quantitative estimate of drug-likeness (QED) is 0.0261. The van der Waals surface area contributed by atoms with Crippen LogP contribution in [0.2, 0.25) is 0 Å². The van der Waals surface area contributed by atoms with Crippen molar-refractivity contribution >= 4 is 17.9 Å². The minimum absolute atomic E-state index is 0.0790. The zero-order chi connectivity index (χ0) is 55.7. The molecule has 0 fully saturated rings. The van der Waals surface area contributed by atoms with Gasteiger partial charge in [0.25, 0.3) is 0 Å². The molecular formula is C71H124O6. The molecule has 0 aromatic carbocycles. The van der Waals surface area contributed by atoms with Gasteiger partial charge in [-0.1, -0.05) is 279 Å². The molecule has 6 heteroatoms. The summed E-state index contributed by atoms with van der Waals surface area (Å²) >= 11 is 0. The minimum Gasteiger partial charge on any atom is -0.462 e. The number of hydrogen-bond acceptors (Lipinski definition) is 6. The molecule has 1 atom stereocenters. The number of carbonyl (C=O) groups excluding carboxylic acids is 3. The van der Waals surface area contributed by atoms with Gasteiger partial charge in [-0.05, 0) is 116 Å². The third-order valence-corrected chi connectivity index (χ3v) is 14.4. The highest BCUT2D eigenvalue weighted by atomic mass is 16.6. The molecule has 0 aliphatic rings. The fourth-order valence-corrected chi connectivity index (χ4v) is 9.40. The van der Waals surface area contributed by atoms with E-state index in [-0.39, 0.29) is 31.1 Å². The average Bonchev–Trinajstić information content (AvgIpc) is 3.43. The second kappa shape index (κ2) is 65.1. The van der Waals surface area contributed by atoms with Crippen molar-refractivity contribution in [2.24, 2.45) is 0 Å². The molecule has 0 radical (unpaired) electrons. The molecule has 0 N–H and O–H groups in total. The van der Waals surface area contributed by atoms with E-state index in [4.69, 9.17) is 14.2 Å². The lowest BCUT2D eigenvalue weighted by molar-refractivity contribution is -0.167. The zero-order valence-electron chi connectivity index (χ0n) is 51.0. The first-order chi connectivity index (χ1) is 38.0. The Kier molecular flexibility index (Phi) is 62.2. The number of carbonyl (C=O) groups is 3. The van der Waals surface area contributed by atoms with Crippen molar-refractivity contribution in [2.75, 3.05) is 13.2 Å². The monoisotopic (exact) mass is 1070 g/mol. The van der Waals surface area contributed by atoms with E-state index in [1.807, 2.05) is 0 Å². The van der Waals surface area contributed by atoms with Crippen molar-refractivity contribution in [3.63, 3.8) is 0 Å². The zero-order valence-corrected chi connectivity index (χ0v) is 51.0. The summed E-state index contributed by atoms with van der Waals surface area (Å²) < 4.78 is 16.9. The van der Waals surface area contributed by atoms with E-state index in [0.717, 1.165) is 96.3 Å². The highest BCUT2D eigenvalue weighted by Crippen LogP contribution is 2.16. The standard InChI is InChI=1S/C71H124O6/c1-4-7-10-13-16-19-22-25-27-29-30-31-32-33-34-35-36-37-38-39-40-42-43-46-49-52-55-58-61-64-70(73)76-67-68(66-75-69(72)63-60-57-54-51-48-45-24-21-18-15-12-9-6-3)77-71(74)65-62-59-56-53-50-47-44-41-28-26-23-20-17-14-11-8-5-2/h7,10,16,19,21,24-28,30-31,33-34,68H,4-6,8-9,11-15,17-18,20,22-23,29,32,35-67H2,1-3H3/b10-7-,19-16-,24-21-,27-25-,28-26-,31-30-,34-33-. The number of esters is 3. The fourth-order valence-electron chi connectivity index (χ4n) is 9.40. The lowest BCUT2D eigenvalue weighted by Gasteiger charge is -2.18. The Morgan fingerprint density at radius 2 is 0.506 bits per heavy atom. The third kappa shape index (κ3) is 63.3. The summed E-state index contributed by atoms with van der Waals surface area (Å²) in [5.41, 5.74) is 0.